The Morgan fingerprint density at radius 1 is 0.642 bits per heavy atom. The van der Waals surface area contributed by atoms with E-state index in [4.69, 9.17) is 9.47 Å². The molecule has 8 rings (SSSR count). The maximum absolute atomic E-state index is 14.6. The van der Waals surface area contributed by atoms with Gasteiger partial charge in [0.05, 0.1) is 47.5 Å². The van der Waals surface area contributed by atoms with Crippen LogP contribution in [0.3, 0.4) is 0 Å². The van der Waals surface area contributed by atoms with E-state index in [0.29, 0.717) is 62.1 Å². The van der Waals surface area contributed by atoms with Gasteiger partial charge in [0.15, 0.2) is 11.6 Å². The number of carbonyl (C=O) groups excluding carboxylic acids is 2. The number of hydrogen-bond acceptors (Lipinski definition) is 12. The number of nitrogens with one attached hydrogen (secondary N) is 2. The number of phenolic OH excluding ortho intramolecular Hbond substituents is 2. The lowest BCUT2D eigenvalue weighted by Gasteiger charge is -2.22. The van der Waals surface area contributed by atoms with Gasteiger partial charge in [0.1, 0.15) is 34.8 Å². The Labute approximate surface area is 395 Å². The van der Waals surface area contributed by atoms with Gasteiger partial charge in [0.25, 0.3) is 0 Å². The van der Waals surface area contributed by atoms with E-state index in [0.717, 1.165) is 34.7 Å². The standard InChI is InChI=1S/2C25H29FN4O3.ClH/c2*1-15-8-9-17-19(12-15)28-22(21-18(26)6-5-7-20(21)31)29-23(17)30-11-10-16(13-30)27-24(32)33-14-25(2,3)4;/h2*5-9,12,16,31H,10-11,13-14H2,1-4H3,(H,27,32);1H/t2*16-;/m11./s1. The number of alkyl carbamates (subject to hydrolysis) is 2. The lowest BCUT2D eigenvalue weighted by atomic mass is 9.99. The monoisotopic (exact) mass is 940 g/mol. The third-order valence-electron chi connectivity index (χ3n) is 11.0. The van der Waals surface area contributed by atoms with Gasteiger partial charge in [-0.3, -0.25) is 0 Å². The largest absolute Gasteiger partial charge is 0.507 e. The number of hydrogen-bond donors (Lipinski definition) is 4. The molecule has 0 unspecified atom stereocenters. The number of benzene rings is 4. The predicted octanol–water partition coefficient (Wildman–Crippen LogP) is 10.0. The number of phenols is 2. The number of rotatable bonds is 8. The number of ether oxygens (including phenoxy) is 2. The quantitative estimate of drug-likeness (QED) is 0.114. The first-order valence-corrected chi connectivity index (χ1v) is 22.1. The van der Waals surface area contributed by atoms with Crippen molar-refractivity contribution in [2.24, 2.45) is 10.8 Å². The highest BCUT2D eigenvalue weighted by atomic mass is 35.5. The van der Waals surface area contributed by atoms with Crippen LogP contribution in [0.2, 0.25) is 0 Å². The molecule has 356 valence electrons. The zero-order valence-electron chi connectivity index (χ0n) is 39.1. The van der Waals surface area contributed by atoms with Gasteiger partial charge in [0, 0.05) is 37.0 Å². The Morgan fingerprint density at radius 2 is 1.03 bits per heavy atom. The van der Waals surface area contributed by atoms with Gasteiger partial charge in [0.2, 0.25) is 0 Å². The summed E-state index contributed by atoms with van der Waals surface area (Å²) in [6.45, 7) is 19.0. The lowest BCUT2D eigenvalue weighted by molar-refractivity contribution is 0.103. The number of amides is 2. The van der Waals surface area contributed by atoms with E-state index in [1.165, 1.54) is 36.4 Å². The van der Waals surface area contributed by atoms with Crippen LogP contribution in [0.25, 0.3) is 44.6 Å². The molecule has 2 amide bonds. The average Bonchev–Trinajstić information content (AvgIpc) is 3.91. The summed E-state index contributed by atoms with van der Waals surface area (Å²) in [4.78, 5) is 46.9. The van der Waals surface area contributed by atoms with E-state index in [-0.39, 0.29) is 69.6 Å². The number of carbonyl (C=O) groups is 2. The molecule has 2 aliphatic rings. The smallest absolute Gasteiger partial charge is 0.407 e. The second kappa shape index (κ2) is 20.5. The summed E-state index contributed by atoms with van der Waals surface area (Å²) in [6, 6.07) is 19.7. The summed E-state index contributed by atoms with van der Waals surface area (Å²) in [7, 11) is 0. The topological polar surface area (TPSA) is 175 Å². The summed E-state index contributed by atoms with van der Waals surface area (Å²) in [5.74, 6) is -0.0635. The molecule has 4 N–H and O–H groups in total. The molecule has 67 heavy (non-hydrogen) atoms. The van der Waals surface area contributed by atoms with Crippen LogP contribution in [0.5, 0.6) is 11.5 Å². The van der Waals surface area contributed by atoms with E-state index in [9.17, 15) is 28.6 Å². The second-order valence-corrected chi connectivity index (χ2v) is 19.5. The van der Waals surface area contributed by atoms with E-state index in [1.807, 2.05) is 91.8 Å². The number of aromatic hydroxyl groups is 2. The third-order valence-corrected chi connectivity index (χ3v) is 11.0. The first kappa shape index (κ1) is 49.9. The van der Waals surface area contributed by atoms with Crippen molar-refractivity contribution in [1.29, 1.82) is 0 Å². The molecular formula is C50H59ClF2N8O6. The van der Waals surface area contributed by atoms with Crippen molar-refractivity contribution in [2.75, 3.05) is 49.2 Å². The van der Waals surface area contributed by atoms with Crippen LogP contribution in [-0.2, 0) is 9.47 Å². The number of halogens is 3. The van der Waals surface area contributed by atoms with Crippen LogP contribution in [0.4, 0.5) is 30.0 Å². The van der Waals surface area contributed by atoms with E-state index in [2.05, 4.69) is 40.4 Å². The Bertz CT molecular complexity index is 2540. The molecule has 2 fully saturated rings. The molecule has 14 nitrogen and oxygen atoms in total. The fourth-order valence-corrected chi connectivity index (χ4v) is 7.74. The SMILES string of the molecule is Cc1ccc2c(N3CC[C@@H](NC(=O)OCC(C)(C)C)C3)nc(-c3c(O)cccc3F)nc2c1.Cc1ccc2c(N3CC[C@@H](NC(=O)OCC(C)(C)C)C3)nc(-c3c(O)cccc3F)nc2c1.Cl. The summed E-state index contributed by atoms with van der Waals surface area (Å²) >= 11 is 0. The molecule has 2 saturated heterocycles. The molecule has 4 aromatic carbocycles. The van der Waals surface area contributed by atoms with Gasteiger partial charge in [-0.15, -0.1) is 12.4 Å². The lowest BCUT2D eigenvalue weighted by Crippen LogP contribution is -2.38. The zero-order chi connectivity index (χ0) is 47.5. The second-order valence-electron chi connectivity index (χ2n) is 19.5. The Balaban J connectivity index is 0.000000218. The van der Waals surface area contributed by atoms with Crippen molar-refractivity contribution in [3.05, 3.63) is 95.6 Å². The van der Waals surface area contributed by atoms with Crippen LogP contribution in [0.15, 0.2) is 72.8 Å². The first-order chi connectivity index (χ1) is 31.2. The van der Waals surface area contributed by atoms with Gasteiger partial charge in [-0.1, -0.05) is 65.8 Å². The van der Waals surface area contributed by atoms with E-state index in [1.54, 1.807) is 0 Å². The van der Waals surface area contributed by atoms with Crippen molar-refractivity contribution < 1.29 is 38.1 Å². The first-order valence-electron chi connectivity index (χ1n) is 22.1. The minimum absolute atomic E-state index is 0. The molecule has 6 aromatic rings. The minimum Gasteiger partial charge on any atom is -0.507 e. The highest BCUT2D eigenvalue weighted by molar-refractivity contribution is 5.93. The van der Waals surface area contributed by atoms with Crippen LogP contribution in [-0.4, -0.2) is 93.8 Å². The molecular weight excluding hydrogens is 882 g/mol. The summed E-state index contributed by atoms with van der Waals surface area (Å²) in [6.07, 6.45) is 0.582. The minimum atomic E-state index is -0.587. The van der Waals surface area contributed by atoms with E-state index >= 15 is 0 Å². The van der Waals surface area contributed by atoms with Crippen LogP contribution >= 0.6 is 12.4 Å². The molecule has 17 heteroatoms. The van der Waals surface area contributed by atoms with Crippen molar-refractivity contribution in [3.63, 3.8) is 0 Å². The summed E-state index contributed by atoms with van der Waals surface area (Å²) in [5.41, 5.74) is 3.09. The molecule has 0 saturated carbocycles. The average molecular weight is 942 g/mol. The van der Waals surface area contributed by atoms with Gasteiger partial charge in [-0.25, -0.2) is 38.3 Å². The number of aryl methyl sites for hydroxylation is 2. The van der Waals surface area contributed by atoms with Crippen molar-refractivity contribution in [3.8, 4) is 34.3 Å². The Kier molecular flexibility index (Phi) is 15.3. The molecule has 0 spiro atoms. The van der Waals surface area contributed by atoms with E-state index < -0.39 is 23.8 Å². The molecule has 4 heterocycles. The Hall–Kier alpha value is -6.55. The molecule has 2 aliphatic heterocycles. The van der Waals surface area contributed by atoms with Gasteiger partial charge in [-0.05, 0) is 97.2 Å². The number of nitrogens with zero attached hydrogens (tertiary/aromatic N) is 6. The van der Waals surface area contributed by atoms with Crippen LogP contribution in [0, 0.1) is 36.3 Å². The highest BCUT2D eigenvalue weighted by Gasteiger charge is 2.30. The fourth-order valence-electron chi connectivity index (χ4n) is 7.74. The molecule has 0 aliphatic carbocycles. The maximum atomic E-state index is 14.6. The molecule has 2 atom stereocenters. The van der Waals surface area contributed by atoms with Crippen molar-refractivity contribution >= 4 is 58.0 Å². The number of anilines is 2. The van der Waals surface area contributed by atoms with Crippen LogP contribution in [0.1, 0.15) is 65.5 Å². The van der Waals surface area contributed by atoms with Crippen molar-refractivity contribution in [1.82, 2.24) is 30.6 Å². The molecule has 0 bridgehead atoms. The van der Waals surface area contributed by atoms with Gasteiger partial charge < -0.3 is 40.1 Å². The number of fused-ring (bicyclic) bond motifs is 2. The number of aromatic nitrogens is 4. The highest BCUT2D eigenvalue weighted by Crippen LogP contribution is 2.37. The van der Waals surface area contributed by atoms with Gasteiger partial charge >= 0.3 is 12.2 Å². The fraction of sp³-hybridized carbons (Fsp3) is 0.400. The van der Waals surface area contributed by atoms with Crippen molar-refractivity contribution in [2.45, 2.75) is 80.3 Å². The maximum Gasteiger partial charge on any atom is 0.407 e. The van der Waals surface area contributed by atoms with Gasteiger partial charge in [-0.2, -0.15) is 0 Å². The summed E-state index contributed by atoms with van der Waals surface area (Å²) < 4.78 is 39.8. The zero-order valence-corrected chi connectivity index (χ0v) is 39.9. The third kappa shape index (κ3) is 12.5. The molecule has 0 radical (unpaired) electrons. The summed E-state index contributed by atoms with van der Waals surface area (Å²) in [5, 5.41) is 28.1. The van der Waals surface area contributed by atoms with Crippen LogP contribution < -0.4 is 20.4 Å². The Morgan fingerprint density at radius 3 is 1.39 bits per heavy atom. The molecule has 2 aromatic heterocycles. The predicted molar refractivity (Wildman–Crippen MR) is 259 cm³/mol. The normalized spacial score (nSPS) is 16.0.